The van der Waals surface area contributed by atoms with E-state index in [2.05, 4.69) is 10.3 Å². The molecule has 3 N–H and O–H groups in total. The largest absolute Gasteiger partial charge is 0.389 e. The molecule has 5 heteroatoms. The van der Waals surface area contributed by atoms with Gasteiger partial charge in [0.25, 0.3) is 0 Å². The van der Waals surface area contributed by atoms with Crippen LogP contribution >= 0.6 is 23.8 Å². The van der Waals surface area contributed by atoms with E-state index in [9.17, 15) is 0 Å². The Morgan fingerprint density at radius 1 is 1.26 bits per heavy atom. The summed E-state index contributed by atoms with van der Waals surface area (Å²) in [6, 6.07) is 9.48. The molecule has 1 aromatic carbocycles. The minimum atomic E-state index is 0.313. The van der Waals surface area contributed by atoms with Gasteiger partial charge in [-0.05, 0) is 43.7 Å². The van der Waals surface area contributed by atoms with E-state index in [4.69, 9.17) is 29.6 Å². The van der Waals surface area contributed by atoms with Crippen LogP contribution in [-0.2, 0) is 0 Å². The predicted octanol–water partition coefficient (Wildman–Crippen LogP) is 3.73. The summed E-state index contributed by atoms with van der Waals surface area (Å²) in [5.41, 5.74) is 9.19. The monoisotopic (exact) mass is 291 g/mol. The first-order chi connectivity index (χ1) is 8.97. The fourth-order valence-electron chi connectivity index (χ4n) is 1.66. The fraction of sp³-hybridized carbons (Fsp3) is 0.143. The van der Waals surface area contributed by atoms with Gasteiger partial charge in [0, 0.05) is 16.4 Å². The zero-order valence-electron chi connectivity index (χ0n) is 10.7. The van der Waals surface area contributed by atoms with Crippen LogP contribution in [0.5, 0.6) is 0 Å². The van der Waals surface area contributed by atoms with Crippen LogP contribution in [0.1, 0.15) is 16.8 Å². The second kappa shape index (κ2) is 5.55. The summed E-state index contributed by atoms with van der Waals surface area (Å²) in [7, 11) is 0. The highest BCUT2D eigenvalue weighted by Gasteiger charge is 2.08. The molecule has 0 radical (unpaired) electrons. The summed E-state index contributed by atoms with van der Waals surface area (Å²) < 4.78 is 0. The number of anilines is 2. The quantitative estimate of drug-likeness (QED) is 0.846. The maximum atomic E-state index is 6.10. The molecule has 98 valence electrons. The minimum absolute atomic E-state index is 0.313. The molecule has 2 rings (SSSR count). The van der Waals surface area contributed by atoms with Gasteiger partial charge in [0.05, 0.1) is 5.56 Å². The number of rotatable bonds is 3. The van der Waals surface area contributed by atoms with E-state index in [1.165, 1.54) is 0 Å². The average molecular weight is 292 g/mol. The van der Waals surface area contributed by atoms with Gasteiger partial charge in [-0.2, -0.15) is 0 Å². The molecule has 1 heterocycles. The van der Waals surface area contributed by atoms with Crippen LogP contribution in [-0.4, -0.2) is 9.97 Å². The van der Waals surface area contributed by atoms with Crippen LogP contribution in [0.4, 0.5) is 11.5 Å². The summed E-state index contributed by atoms with van der Waals surface area (Å²) in [6.07, 6.45) is 0. The lowest BCUT2D eigenvalue weighted by molar-refractivity contribution is 1.19. The van der Waals surface area contributed by atoms with Crippen LogP contribution in [0, 0.1) is 13.8 Å². The minimum Gasteiger partial charge on any atom is -0.389 e. The van der Waals surface area contributed by atoms with E-state index in [0.29, 0.717) is 15.8 Å². The first-order valence-corrected chi connectivity index (χ1v) is 6.56. The Morgan fingerprint density at radius 2 is 2.00 bits per heavy atom. The highest BCUT2D eigenvalue weighted by molar-refractivity contribution is 7.80. The standard InChI is InChI=1S/C14H14ClN3S/c1-8-3-5-10(7-12(8)15)18-14-11(13(16)19)6-4-9(2)17-14/h3-7H,1-2H3,(H2,16,19)(H,17,18). The first-order valence-electron chi connectivity index (χ1n) is 5.78. The lowest BCUT2D eigenvalue weighted by atomic mass is 10.2. The predicted molar refractivity (Wildman–Crippen MR) is 84.3 cm³/mol. The Balaban J connectivity index is 2.39. The zero-order valence-corrected chi connectivity index (χ0v) is 12.3. The molecule has 0 saturated heterocycles. The summed E-state index contributed by atoms with van der Waals surface area (Å²) in [5.74, 6) is 0.646. The molecule has 0 spiro atoms. The molecule has 0 fully saturated rings. The summed E-state index contributed by atoms with van der Waals surface area (Å²) in [4.78, 5) is 4.73. The van der Waals surface area contributed by atoms with Crippen molar-refractivity contribution in [1.29, 1.82) is 0 Å². The second-order valence-electron chi connectivity index (χ2n) is 4.30. The lowest BCUT2D eigenvalue weighted by Gasteiger charge is -2.11. The molecule has 3 nitrogen and oxygen atoms in total. The van der Waals surface area contributed by atoms with E-state index in [1.54, 1.807) is 0 Å². The lowest BCUT2D eigenvalue weighted by Crippen LogP contribution is -2.13. The molecule has 0 aliphatic rings. The van der Waals surface area contributed by atoms with Crippen LogP contribution in [0.15, 0.2) is 30.3 Å². The van der Waals surface area contributed by atoms with Crippen molar-refractivity contribution in [2.75, 3.05) is 5.32 Å². The molecular formula is C14H14ClN3S. The number of aromatic nitrogens is 1. The van der Waals surface area contributed by atoms with Gasteiger partial charge in [-0.3, -0.25) is 0 Å². The molecular weight excluding hydrogens is 278 g/mol. The van der Waals surface area contributed by atoms with Crippen molar-refractivity contribution in [2.45, 2.75) is 13.8 Å². The maximum absolute atomic E-state index is 6.10. The Bertz CT molecular complexity index is 641. The number of nitrogens with two attached hydrogens (primary N) is 1. The smallest absolute Gasteiger partial charge is 0.140 e. The molecule has 0 aliphatic carbocycles. The number of nitrogens with one attached hydrogen (secondary N) is 1. The van der Waals surface area contributed by atoms with E-state index >= 15 is 0 Å². The van der Waals surface area contributed by atoms with Gasteiger partial charge in [0.15, 0.2) is 0 Å². The third-order valence-electron chi connectivity index (χ3n) is 2.73. The molecule has 0 saturated carbocycles. The number of benzene rings is 1. The van der Waals surface area contributed by atoms with E-state index < -0.39 is 0 Å². The Hall–Kier alpha value is -1.65. The second-order valence-corrected chi connectivity index (χ2v) is 5.15. The van der Waals surface area contributed by atoms with Gasteiger partial charge in [0.1, 0.15) is 10.8 Å². The third-order valence-corrected chi connectivity index (χ3v) is 3.36. The molecule has 0 amide bonds. The van der Waals surface area contributed by atoms with Crippen LogP contribution in [0.3, 0.4) is 0 Å². The number of hydrogen-bond acceptors (Lipinski definition) is 3. The molecule has 0 bridgehead atoms. The summed E-state index contributed by atoms with van der Waals surface area (Å²) >= 11 is 11.1. The highest BCUT2D eigenvalue weighted by atomic mass is 35.5. The molecule has 0 aliphatic heterocycles. The van der Waals surface area contributed by atoms with E-state index in [1.807, 2.05) is 44.2 Å². The Morgan fingerprint density at radius 3 is 2.63 bits per heavy atom. The molecule has 1 aromatic heterocycles. The summed E-state index contributed by atoms with van der Waals surface area (Å²) in [6.45, 7) is 3.87. The Labute approximate surface area is 122 Å². The number of hydrogen-bond donors (Lipinski definition) is 2. The summed E-state index contributed by atoms with van der Waals surface area (Å²) in [5, 5.41) is 3.90. The fourth-order valence-corrected chi connectivity index (χ4v) is 2.00. The van der Waals surface area contributed by atoms with Crippen molar-refractivity contribution < 1.29 is 0 Å². The van der Waals surface area contributed by atoms with Crippen LogP contribution in [0.25, 0.3) is 0 Å². The number of pyridine rings is 1. The van der Waals surface area contributed by atoms with Crippen molar-refractivity contribution in [3.8, 4) is 0 Å². The number of aryl methyl sites for hydroxylation is 2. The maximum Gasteiger partial charge on any atom is 0.140 e. The van der Waals surface area contributed by atoms with E-state index in [0.717, 1.165) is 22.5 Å². The van der Waals surface area contributed by atoms with Gasteiger partial charge in [-0.25, -0.2) is 4.98 Å². The number of thiocarbonyl (C=S) groups is 1. The molecule has 0 atom stereocenters. The van der Waals surface area contributed by atoms with Gasteiger partial charge < -0.3 is 11.1 Å². The molecule has 0 unspecified atom stereocenters. The number of nitrogens with zero attached hydrogens (tertiary/aromatic N) is 1. The Kier molecular flexibility index (Phi) is 4.02. The SMILES string of the molecule is Cc1ccc(C(N)=S)c(Nc2ccc(C)c(Cl)c2)n1. The van der Waals surface area contributed by atoms with Crippen molar-refractivity contribution in [3.05, 3.63) is 52.2 Å². The zero-order chi connectivity index (χ0) is 14.0. The average Bonchev–Trinajstić information content (AvgIpc) is 2.33. The van der Waals surface area contributed by atoms with E-state index in [-0.39, 0.29) is 0 Å². The molecule has 2 aromatic rings. The normalized spacial score (nSPS) is 10.3. The van der Waals surface area contributed by atoms with Crippen molar-refractivity contribution in [2.24, 2.45) is 5.73 Å². The third kappa shape index (κ3) is 3.22. The van der Waals surface area contributed by atoms with Crippen LogP contribution in [0.2, 0.25) is 5.02 Å². The highest BCUT2D eigenvalue weighted by Crippen LogP contribution is 2.24. The number of halogens is 1. The first kappa shape index (κ1) is 13.8. The molecule has 19 heavy (non-hydrogen) atoms. The van der Waals surface area contributed by atoms with Crippen molar-refractivity contribution >= 4 is 40.3 Å². The van der Waals surface area contributed by atoms with Gasteiger partial charge in [-0.15, -0.1) is 0 Å². The van der Waals surface area contributed by atoms with Crippen molar-refractivity contribution in [3.63, 3.8) is 0 Å². The van der Waals surface area contributed by atoms with Crippen molar-refractivity contribution in [1.82, 2.24) is 4.98 Å². The van der Waals surface area contributed by atoms with Crippen LogP contribution < -0.4 is 11.1 Å². The van der Waals surface area contributed by atoms with Gasteiger partial charge in [-0.1, -0.05) is 29.9 Å². The van der Waals surface area contributed by atoms with Gasteiger partial charge in [0.2, 0.25) is 0 Å². The topological polar surface area (TPSA) is 50.9 Å². The van der Waals surface area contributed by atoms with Gasteiger partial charge >= 0.3 is 0 Å².